The molecule has 110 valence electrons. The van der Waals surface area contributed by atoms with Crippen molar-refractivity contribution in [1.82, 2.24) is 5.43 Å². The lowest BCUT2D eigenvalue weighted by Gasteiger charge is -2.19. The molecule has 0 bridgehead atoms. The van der Waals surface area contributed by atoms with Gasteiger partial charge in [-0.2, -0.15) is 0 Å². The number of halogens is 1. The van der Waals surface area contributed by atoms with Crippen molar-refractivity contribution in [2.24, 2.45) is 5.84 Å². The molecule has 2 aromatic rings. The second-order valence-electron chi connectivity index (χ2n) is 5.26. The molecule has 1 fully saturated rings. The van der Waals surface area contributed by atoms with Crippen LogP contribution in [-0.2, 0) is 0 Å². The van der Waals surface area contributed by atoms with Crippen molar-refractivity contribution in [2.75, 3.05) is 5.73 Å². The van der Waals surface area contributed by atoms with Crippen LogP contribution in [0.1, 0.15) is 30.0 Å². The van der Waals surface area contributed by atoms with E-state index >= 15 is 0 Å². The van der Waals surface area contributed by atoms with Crippen LogP contribution in [0.25, 0.3) is 0 Å². The monoisotopic (exact) mass is 303 g/mol. The van der Waals surface area contributed by atoms with Crippen molar-refractivity contribution < 1.29 is 4.74 Å². The lowest BCUT2D eigenvalue weighted by atomic mass is 9.98. The van der Waals surface area contributed by atoms with E-state index in [1.807, 2.05) is 36.4 Å². The van der Waals surface area contributed by atoms with Gasteiger partial charge < -0.3 is 10.5 Å². The Kier molecular flexibility index (Phi) is 4.01. The van der Waals surface area contributed by atoms with Crippen LogP contribution in [0.4, 0.5) is 5.69 Å². The van der Waals surface area contributed by atoms with Crippen molar-refractivity contribution >= 4 is 17.3 Å². The van der Waals surface area contributed by atoms with Gasteiger partial charge in [0.2, 0.25) is 0 Å². The summed E-state index contributed by atoms with van der Waals surface area (Å²) in [7, 11) is 0. The minimum Gasteiger partial charge on any atom is -0.490 e. The summed E-state index contributed by atoms with van der Waals surface area (Å²) >= 11 is 5.94. The van der Waals surface area contributed by atoms with Crippen LogP contribution in [0.2, 0.25) is 5.02 Å². The summed E-state index contributed by atoms with van der Waals surface area (Å²) in [4.78, 5) is 0. The smallest absolute Gasteiger partial charge is 0.119 e. The van der Waals surface area contributed by atoms with Crippen molar-refractivity contribution in [2.45, 2.75) is 25.0 Å². The van der Waals surface area contributed by atoms with Crippen molar-refractivity contribution in [1.29, 1.82) is 0 Å². The van der Waals surface area contributed by atoms with Crippen LogP contribution in [-0.4, -0.2) is 6.10 Å². The molecular weight excluding hydrogens is 286 g/mol. The Labute approximate surface area is 129 Å². The maximum Gasteiger partial charge on any atom is 0.119 e. The standard InChI is InChI=1S/C16H18ClN3O/c17-11-3-8-14(15(18)9-11)16(20-19)10-1-4-12(5-2-10)21-13-6-7-13/h1-5,8-9,13,16,20H,6-7,18-19H2. The van der Waals surface area contributed by atoms with Crippen LogP contribution in [0.3, 0.4) is 0 Å². The molecule has 1 unspecified atom stereocenters. The quantitative estimate of drug-likeness (QED) is 0.451. The maximum absolute atomic E-state index is 6.03. The zero-order valence-electron chi connectivity index (χ0n) is 11.6. The lowest BCUT2D eigenvalue weighted by molar-refractivity contribution is 0.303. The highest BCUT2D eigenvalue weighted by atomic mass is 35.5. The molecule has 0 aliphatic heterocycles. The molecule has 0 saturated heterocycles. The van der Waals surface area contributed by atoms with Crippen LogP contribution in [0, 0.1) is 0 Å². The predicted octanol–water partition coefficient (Wildman–Crippen LogP) is 3.02. The van der Waals surface area contributed by atoms with E-state index in [1.54, 1.807) is 6.07 Å². The van der Waals surface area contributed by atoms with E-state index in [2.05, 4.69) is 5.43 Å². The number of anilines is 1. The summed E-state index contributed by atoms with van der Waals surface area (Å²) in [6, 6.07) is 13.2. The number of nitrogens with one attached hydrogen (secondary N) is 1. The summed E-state index contributed by atoms with van der Waals surface area (Å²) in [5.41, 5.74) is 11.4. The normalized spacial score (nSPS) is 15.7. The van der Waals surface area contributed by atoms with Gasteiger partial charge >= 0.3 is 0 Å². The molecule has 1 aliphatic rings. The van der Waals surface area contributed by atoms with Gasteiger partial charge in [0.25, 0.3) is 0 Å². The first-order valence-corrected chi connectivity index (χ1v) is 7.33. The number of hydrazine groups is 1. The average molecular weight is 304 g/mol. The van der Waals surface area contributed by atoms with Gasteiger partial charge in [-0.25, -0.2) is 5.43 Å². The number of nitrogens with two attached hydrogens (primary N) is 2. The third kappa shape index (κ3) is 3.29. The molecule has 21 heavy (non-hydrogen) atoms. The van der Waals surface area contributed by atoms with Crippen molar-refractivity contribution in [3.05, 3.63) is 58.6 Å². The van der Waals surface area contributed by atoms with Crippen LogP contribution in [0.5, 0.6) is 5.75 Å². The first kappa shape index (κ1) is 14.2. The molecule has 4 nitrogen and oxygen atoms in total. The average Bonchev–Trinajstić information content (AvgIpc) is 3.27. The zero-order valence-corrected chi connectivity index (χ0v) is 12.3. The molecule has 3 rings (SSSR count). The molecular formula is C16H18ClN3O. The number of rotatable bonds is 5. The minimum absolute atomic E-state index is 0.183. The second-order valence-corrected chi connectivity index (χ2v) is 5.70. The molecule has 0 aromatic heterocycles. The second kappa shape index (κ2) is 5.93. The Balaban J connectivity index is 1.84. The fraction of sp³-hybridized carbons (Fsp3) is 0.250. The zero-order chi connectivity index (χ0) is 14.8. The molecule has 0 radical (unpaired) electrons. The Hall–Kier alpha value is -1.75. The molecule has 1 saturated carbocycles. The number of ether oxygens (including phenoxy) is 1. The Morgan fingerprint density at radius 3 is 2.43 bits per heavy atom. The molecule has 2 aromatic carbocycles. The van der Waals surface area contributed by atoms with Gasteiger partial charge in [0.05, 0.1) is 12.1 Å². The summed E-state index contributed by atoms with van der Waals surface area (Å²) in [6.07, 6.45) is 2.69. The van der Waals surface area contributed by atoms with Crippen molar-refractivity contribution in [3.63, 3.8) is 0 Å². The lowest BCUT2D eigenvalue weighted by Crippen LogP contribution is -2.29. The van der Waals surface area contributed by atoms with E-state index in [0.717, 1.165) is 29.7 Å². The minimum atomic E-state index is -0.183. The first-order chi connectivity index (χ1) is 10.2. The summed E-state index contributed by atoms with van der Waals surface area (Å²) < 4.78 is 5.75. The molecule has 0 spiro atoms. The summed E-state index contributed by atoms with van der Waals surface area (Å²) in [6.45, 7) is 0. The van der Waals surface area contributed by atoms with Gasteiger partial charge in [-0.05, 0) is 48.2 Å². The topological polar surface area (TPSA) is 73.3 Å². The van der Waals surface area contributed by atoms with Gasteiger partial charge in [0.15, 0.2) is 0 Å². The highest BCUT2D eigenvalue weighted by Gasteiger charge is 2.23. The Bertz CT molecular complexity index is 626. The number of nitrogen functional groups attached to an aromatic ring is 1. The highest BCUT2D eigenvalue weighted by molar-refractivity contribution is 6.30. The van der Waals surface area contributed by atoms with Crippen molar-refractivity contribution in [3.8, 4) is 5.75 Å². The molecule has 0 amide bonds. The largest absolute Gasteiger partial charge is 0.490 e. The van der Waals surface area contributed by atoms with E-state index in [-0.39, 0.29) is 6.04 Å². The molecule has 1 atom stereocenters. The van der Waals surface area contributed by atoms with Crippen LogP contribution in [0.15, 0.2) is 42.5 Å². The Morgan fingerprint density at radius 1 is 1.14 bits per heavy atom. The highest BCUT2D eigenvalue weighted by Crippen LogP contribution is 2.31. The van der Waals surface area contributed by atoms with Crippen LogP contribution >= 0.6 is 11.6 Å². The summed E-state index contributed by atoms with van der Waals surface area (Å²) in [5.74, 6) is 6.59. The summed E-state index contributed by atoms with van der Waals surface area (Å²) in [5, 5.41) is 0.611. The fourth-order valence-corrected chi connectivity index (χ4v) is 2.47. The van der Waals surface area contributed by atoms with Crippen LogP contribution < -0.4 is 21.7 Å². The third-order valence-electron chi connectivity index (χ3n) is 3.57. The van der Waals surface area contributed by atoms with E-state index in [4.69, 9.17) is 27.9 Å². The van der Waals surface area contributed by atoms with Gasteiger partial charge in [-0.1, -0.05) is 29.8 Å². The third-order valence-corrected chi connectivity index (χ3v) is 3.80. The van der Waals surface area contributed by atoms with E-state index in [9.17, 15) is 0 Å². The number of hydrogen-bond acceptors (Lipinski definition) is 4. The number of hydrogen-bond donors (Lipinski definition) is 3. The van der Waals surface area contributed by atoms with E-state index in [1.165, 1.54) is 0 Å². The van der Waals surface area contributed by atoms with Gasteiger partial charge in [0, 0.05) is 10.7 Å². The molecule has 5 heteroatoms. The fourth-order valence-electron chi connectivity index (χ4n) is 2.29. The van der Waals surface area contributed by atoms with Gasteiger partial charge in [-0.3, -0.25) is 5.84 Å². The van der Waals surface area contributed by atoms with Gasteiger partial charge in [-0.15, -0.1) is 0 Å². The van der Waals surface area contributed by atoms with Gasteiger partial charge in [0.1, 0.15) is 5.75 Å². The first-order valence-electron chi connectivity index (χ1n) is 6.95. The Morgan fingerprint density at radius 2 is 1.86 bits per heavy atom. The predicted molar refractivity (Wildman–Crippen MR) is 85.1 cm³/mol. The SMILES string of the molecule is NNC(c1ccc(OC2CC2)cc1)c1ccc(Cl)cc1N. The molecule has 5 N–H and O–H groups in total. The van der Waals surface area contributed by atoms with E-state index in [0.29, 0.717) is 16.8 Å². The number of benzene rings is 2. The molecule has 0 heterocycles. The van der Waals surface area contributed by atoms with E-state index < -0.39 is 0 Å². The maximum atomic E-state index is 6.03. The molecule has 1 aliphatic carbocycles.